The van der Waals surface area contributed by atoms with Crippen LogP contribution in [0.25, 0.3) is 0 Å². The zero-order chi connectivity index (χ0) is 22.8. The number of anilines is 2. The molecule has 0 aliphatic carbocycles. The molecular weight excluding hydrogens is 451 g/mol. The monoisotopic (exact) mass is 468 g/mol. The van der Waals surface area contributed by atoms with Gasteiger partial charge in [0.1, 0.15) is 28.0 Å². The number of benzene rings is 3. The molecule has 8 heteroatoms. The molecule has 1 N–H and O–H groups in total. The number of para-hydroxylation sites is 1. The fourth-order valence-electron chi connectivity index (χ4n) is 3.19. The molecule has 32 heavy (non-hydrogen) atoms. The van der Waals surface area contributed by atoms with Gasteiger partial charge in [-0.15, -0.1) is 0 Å². The number of rotatable bonds is 6. The van der Waals surface area contributed by atoms with E-state index in [9.17, 15) is 9.59 Å². The Morgan fingerprint density at radius 2 is 1.53 bits per heavy atom. The van der Waals surface area contributed by atoms with E-state index >= 15 is 0 Å². The predicted octanol–water partition coefficient (Wildman–Crippen LogP) is 5.89. The largest absolute Gasteiger partial charge is 0.494 e. The van der Waals surface area contributed by atoms with Gasteiger partial charge in [0, 0.05) is 16.8 Å². The Labute approximate surface area is 195 Å². The molecule has 4 rings (SSSR count). The number of methoxy groups -OCH3 is 1. The molecule has 0 bridgehead atoms. The molecule has 0 atom stereocenters. The van der Waals surface area contributed by atoms with Crippen LogP contribution >= 0.6 is 23.2 Å². The number of aryl methyl sites for hydroxylation is 1. The standard InChI is InChI=1S/C24H18Cl2N2O4/c1-14-12-19(20(31-2)13-18(14)25)28-23(29)21(26)22(24(28)30)27-15-8-10-17(11-9-15)32-16-6-4-3-5-7-16/h3-13,27H,1-2H3. The number of halogens is 2. The van der Waals surface area contributed by atoms with Crippen molar-refractivity contribution in [3.05, 3.63) is 88.0 Å². The summed E-state index contributed by atoms with van der Waals surface area (Å²) in [6, 6.07) is 19.5. The number of nitrogens with one attached hydrogen (secondary N) is 1. The average Bonchev–Trinajstić information content (AvgIpc) is 3.00. The molecule has 0 saturated heterocycles. The summed E-state index contributed by atoms with van der Waals surface area (Å²) < 4.78 is 11.1. The van der Waals surface area contributed by atoms with Gasteiger partial charge >= 0.3 is 0 Å². The zero-order valence-corrected chi connectivity index (χ0v) is 18.7. The molecule has 1 aliphatic rings. The third-order valence-electron chi connectivity index (χ3n) is 4.83. The van der Waals surface area contributed by atoms with E-state index in [-0.39, 0.29) is 22.2 Å². The number of carbonyl (C=O) groups is 2. The van der Waals surface area contributed by atoms with Crippen molar-refractivity contribution in [3.63, 3.8) is 0 Å². The van der Waals surface area contributed by atoms with Gasteiger partial charge in [-0.25, -0.2) is 4.90 Å². The summed E-state index contributed by atoms with van der Waals surface area (Å²) in [4.78, 5) is 26.9. The van der Waals surface area contributed by atoms with Gasteiger partial charge in [-0.3, -0.25) is 9.59 Å². The second-order valence-electron chi connectivity index (χ2n) is 6.97. The van der Waals surface area contributed by atoms with E-state index in [1.807, 2.05) is 30.3 Å². The Hall–Kier alpha value is -3.48. The molecule has 0 unspecified atom stereocenters. The molecule has 3 aromatic rings. The number of hydrogen-bond donors (Lipinski definition) is 1. The normalized spacial score (nSPS) is 13.6. The van der Waals surface area contributed by atoms with Crippen molar-refractivity contribution in [1.29, 1.82) is 0 Å². The highest BCUT2D eigenvalue weighted by Gasteiger charge is 2.40. The second kappa shape index (κ2) is 8.94. The lowest BCUT2D eigenvalue weighted by atomic mass is 10.2. The molecule has 162 valence electrons. The molecule has 0 fully saturated rings. The summed E-state index contributed by atoms with van der Waals surface area (Å²) in [5, 5.41) is 3.18. The van der Waals surface area contributed by atoms with E-state index in [2.05, 4.69) is 5.32 Å². The van der Waals surface area contributed by atoms with E-state index < -0.39 is 11.8 Å². The summed E-state index contributed by atoms with van der Waals surface area (Å²) in [7, 11) is 1.43. The van der Waals surface area contributed by atoms with Crippen LogP contribution < -0.4 is 19.7 Å². The minimum atomic E-state index is -0.650. The molecular formula is C24H18Cl2N2O4. The molecule has 0 saturated carbocycles. The van der Waals surface area contributed by atoms with Crippen LogP contribution in [-0.2, 0) is 9.59 Å². The summed E-state index contributed by atoms with van der Waals surface area (Å²) in [5.74, 6) is 0.375. The van der Waals surface area contributed by atoms with Crippen molar-refractivity contribution in [2.75, 3.05) is 17.3 Å². The highest BCUT2D eigenvalue weighted by atomic mass is 35.5. The minimum absolute atomic E-state index is 0.0250. The average molecular weight is 469 g/mol. The molecule has 6 nitrogen and oxygen atoms in total. The lowest BCUT2D eigenvalue weighted by Crippen LogP contribution is -2.32. The van der Waals surface area contributed by atoms with Crippen LogP contribution in [0, 0.1) is 6.92 Å². The van der Waals surface area contributed by atoms with Crippen molar-refractivity contribution in [3.8, 4) is 17.2 Å². The van der Waals surface area contributed by atoms with Crippen molar-refractivity contribution >= 4 is 46.4 Å². The molecule has 0 aromatic heterocycles. The first-order valence-corrected chi connectivity index (χ1v) is 10.4. The van der Waals surface area contributed by atoms with Gasteiger partial charge in [-0.1, -0.05) is 41.4 Å². The highest BCUT2D eigenvalue weighted by Crippen LogP contribution is 2.38. The van der Waals surface area contributed by atoms with Crippen LogP contribution in [0.15, 0.2) is 77.5 Å². The number of nitrogens with zero attached hydrogens (tertiary/aromatic N) is 1. The number of amides is 2. The van der Waals surface area contributed by atoms with E-state index in [0.29, 0.717) is 27.8 Å². The quantitative estimate of drug-likeness (QED) is 0.457. The van der Waals surface area contributed by atoms with Gasteiger partial charge < -0.3 is 14.8 Å². The van der Waals surface area contributed by atoms with Crippen LogP contribution in [0.4, 0.5) is 11.4 Å². The maximum absolute atomic E-state index is 13.1. The minimum Gasteiger partial charge on any atom is -0.494 e. The molecule has 2 amide bonds. The van der Waals surface area contributed by atoms with Gasteiger partial charge in [0.25, 0.3) is 11.8 Å². The van der Waals surface area contributed by atoms with Crippen molar-refractivity contribution in [2.45, 2.75) is 6.92 Å². The molecule has 3 aromatic carbocycles. The van der Waals surface area contributed by atoms with E-state index in [1.54, 1.807) is 43.3 Å². The SMILES string of the molecule is COc1cc(Cl)c(C)cc1N1C(=O)C(Cl)=C(Nc2ccc(Oc3ccccc3)cc2)C1=O. The van der Waals surface area contributed by atoms with E-state index in [4.69, 9.17) is 32.7 Å². The smallest absolute Gasteiger partial charge is 0.283 e. The first-order chi connectivity index (χ1) is 15.4. The van der Waals surface area contributed by atoms with E-state index in [1.165, 1.54) is 7.11 Å². The fraction of sp³-hybridized carbons (Fsp3) is 0.0833. The second-order valence-corrected chi connectivity index (χ2v) is 7.76. The highest BCUT2D eigenvalue weighted by molar-refractivity contribution is 6.53. The van der Waals surface area contributed by atoms with Gasteiger partial charge in [-0.2, -0.15) is 0 Å². The zero-order valence-electron chi connectivity index (χ0n) is 17.2. The van der Waals surface area contributed by atoms with Gasteiger partial charge in [0.15, 0.2) is 0 Å². The Bertz CT molecular complexity index is 1220. The number of imide groups is 1. The Morgan fingerprint density at radius 3 is 2.19 bits per heavy atom. The topological polar surface area (TPSA) is 67.9 Å². The maximum atomic E-state index is 13.1. The lowest BCUT2D eigenvalue weighted by molar-refractivity contribution is -0.120. The maximum Gasteiger partial charge on any atom is 0.283 e. The summed E-state index contributed by atoms with van der Waals surface area (Å²) in [5.41, 5.74) is 1.50. The Balaban J connectivity index is 1.56. The van der Waals surface area contributed by atoms with Crippen LogP contribution in [0.1, 0.15) is 5.56 Å². The first-order valence-electron chi connectivity index (χ1n) is 9.61. The Kier molecular flexibility index (Phi) is 6.08. The third-order valence-corrected chi connectivity index (χ3v) is 5.59. The number of carbonyl (C=O) groups excluding carboxylic acids is 2. The molecule has 1 aliphatic heterocycles. The summed E-state index contributed by atoms with van der Waals surface area (Å²) in [6.45, 7) is 1.77. The van der Waals surface area contributed by atoms with Gasteiger partial charge in [-0.05, 0) is 55.0 Å². The molecule has 0 spiro atoms. The summed E-state index contributed by atoms with van der Waals surface area (Å²) >= 11 is 12.4. The third kappa shape index (κ3) is 4.15. The van der Waals surface area contributed by atoms with Crippen LogP contribution in [0.2, 0.25) is 5.02 Å². The van der Waals surface area contributed by atoms with Gasteiger partial charge in [0.05, 0.1) is 12.8 Å². The number of ether oxygens (including phenoxy) is 2. The van der Waals surface area contributed by atoms with Crippen LogP contribution in [0.5, 0.6) is 17.2 Å². The van der Waals surface area contributed by atoms with Crippen molar-refractivity contribution in [2.24, 2.45) is 0 Å². The fourth-order valence-corrected chi connectivity index (χ4v) is 3.56. The predicted molar refractivity (Wildman–Crippen MR) is 125 cm³/mol. The molecule has 0 radical (unpaired) electrons. The first kappa shape index (κ1) is 21.7. The van der Waals surface area contributed by atoms with Crippen LogP contribution in [0.3, 0.4) is 0 Å². The Morgan fingerprint density at radius 1 is 0.875 bits per heavy atom. The summed E-state index contributed by atoms with van der Waals surface area (Å²) in [6.07, 6.45) is 0. The molecule has 1 heterocycles. The number of hydrogen-bond acceptors (Lipinski definition) is 5. The lowest BCUT2D eigenvalue weighted by Gasteiger charge is -2.19. The van der Waals surface area contributed by atoms with Crippen molar-refractivity contribution in [1.82, 2.24) is 0 Å². The van der Waals surface area contributed by atoms with E-state index in [0.717, 1.165) is 4.90 Å². The van der Waals surface area contributed by atoms with Gasteiger partial charge in [0.2, 0.25) is 0 Å². The van der Waals surface area contributed by atoms with Crippen LogP contribution in [-0.4, -0.2) is 18.9 Å². The van der Waals surface area contributed by atoms with Crippen molar-refractivity contribution < 1.29 is 19.1 Å².